The number of amides is 1. The van der Waals surface area contributed by atoms with Gasteiger partial charge < -0.3 is 5.32 Å². The molecule has 0 saturated heterocycles. The fraction of sp³-hybridized carbons (Fsp3) is 0.947. The van der Waals surface area contributed by atoms with Gasteiger partial charge in [0.1, 0.15) is 0 Å². The van der Waals surface area contributed by atoms with Crippen molar-refractivity contribution in [3.8, 4) is 0 Å². The van der Waals surface area contributed by atoms with E-state index in [-0.39, 0.29) is 5.91 Å². The summed E-state index contributed by atoms with van der Waals surface area (Å²) in [4.78, 5) is 11.7. The van der Waals surface area contributed by atoms with Gasteiger partial charge in [-0.05, 0) is 24.7 Å². The Bertz CT molecular complexity index is 238. The zero-order valence-electron chi connectivity index (χ0n) is 15.0. The summed E-state index contributed by atoms with van der Waals surface area (Å²) in [6.07, 6.45) is 13.3. The predicted molar refractivity (Wildman–Crippen MR) is 93.5 cm³/mol. The van der Waals surface area contributed by atoms with Crippen LogP contribution in [0.2, 0.25) is 0 Å². The van der Waals surface area contributed by atoms with Crippen LogP contribution < -0.4 is 5.32 Å². The summed E-state index contributed by atoms with van der Waals surface area (Å²) in [7, 11) is 0. The smallest absolute Gasteiger partial charge is 0.219 e. The van der Waals surface area contributed by atoms with Crippen molar-refractivity contribution in [3.05, 3.63) is 0 Å². The molecule has 2 nitrogen and oxygen atoms in total. The van der Waals surface area contributed by atoms with E-state index in [0.29, 0.717) is 6.42 Å². The summed E-state index contributed by atoms with van der Waals surface area (Å²) in [6.45, 7) is 9.97. The Hall–Kier alpha value is -0.530. The van der Waals surface area contributed by atoms with Gasteiger partial charge in [-0.25, -0.2) is 0 Å². The number of carbonyl (C=O) groups excluding carboxylic acids is 1. The van der Waals surface area contributed by atoms with Crippen molar-refractivity contribution in [2.24, 2.45) is 11.8 Å². The molecule has 0 aromatic heterocycles. The van der Waals surface area contributed by atoms with E-state index in [4.69, 9.17) is 0 Å². The summed E-state index contributed by atoms with van der Waals surface area (Å²) in [5, 5.41) is 3.08. The summed E-state index contributed by atoms with van der Waals surface area (Å²) in [5.41, 5.74) is 0. The van der Waals surface area contributed by atoms with Crippen molar-refractivity contribution >= 4 is 5.91 Å². The van der Waals surface area contributed by atoms with E-state index in [0.717, 1.165) is 31.2 Å². The molecule has 1 unspecified atom stereocenters. The number of hydrogen-bond donors (Lipinski definition) is 1. The molecule has 0 aromatic rings. The topological polar surface area (TPSA) is 29.1 Å². The zero-order valence-corrected chi connectivity index (χ0v) is 15.0. The van der Waals surface area contributed by atoms with Gasteiger partial charge in [-0.1, -0.05) is 79.1 Å². The van der Waals surface area contributed by atoms with Gasteiger partial charge in [0, 0.05) is 13.0 Å². The molecule has 0 fully saturated rings. The van der Waals surface area contributed by atoms with E-state index in [2.05, 4.69) is 33.0 Å². The highest BCUT2D eigenvalue weighted by Crippen LogP contribution is 2.14. The van der Waals surface area contributed by atoms with Crippen LogP contribution >= 0.6 is 0 Å². The summed E-state index contributed by atoms with van der Waals surface area (Å²) < 4.78 is 0. The fourth-order valence-electron chi connectivity index (χ4n) is 2.63. The molecule has 0 heterocycles. The van der Waals surface area contributed by atoms with Crippen molar-refractivity contribution in [1.82, 2.24) is 5.32 Å². The normalized spacial score (nSPS) is 12.6. The van der Waals surface area contributed by atoms with Crippen molar-refractivity contribution in [3.63, 3.8) is 0 Å². The van der Waals surface area contributed by atoms with Crippen LogP contribution in [-0.2, 0) is 4.79 Å². The molecule has 0 aliphatic carbocycles. The van der Waals surface area contributed by atoms with Crippen molar-refractivity contribution in [2.45, 2.75) is 98.3 Å². The molecule has 0 spiro atoms. The van der Waals surface area contributed by atoms with Crippen LogP contribution in [0.5, 0.6) is 0 Å². The van der Waals surface area contributed by atoms with Gasteiger partial charge in [0.05, 0.1) is 0 Å². The average molecular weight is 298 g/mol. The lowest BCUT2D eigenvalue weighted by atomic mass is 9.97. The lowest BCUT2D eigenvalue weighted by Crippen LogP contribution is -2.25. The third-order valence-corrected chi connectivity index (χ3v) is 4.20. The SMILES string of the molecule is CCCCCCCCC(=O)NCCC(C)CCCC(C)C. The van der Waals surface area contributed by atoms with Crippen molar-refractivity contribution < 1.29 is 4.79 Å². The van der Waals surface area contributed by atoms with Crippen LogP contribution in [-0.4, -0.2) is 12.5 Å². The Kier molecular flexibility index (Phi) is 14.0. The van der Waals surface area contributed by atoms with Crippen LogP contribution in [0, 0.1) is 11.8 Å². The fourth-order valence-corrected chi connectivity index (χ4v) is 2.63. The first-order chi connectivity index (χ1) is 10.1. The summed E-state index contributed by atoms with van der Waals surface area (Å²) >= 11 is 0. The largest absolute Gasteiger partial charge is 0.356 e. The maximum atomic E-state index is 11.7. The first-order valence-electron chi connectivity index (χ1n) is 9.33. The number of carbonyl (C=O) groups is 1. The van der Waals surface area contributed by atoms with Gasteiger partial charge in [0.2, 0.25) is 5.91 Å². The molecule has 1 amide bonds. The lowest BCUT2D eigenvalue weighted by molar-refractivity contribution is -0.121. The summed E-state index contributed by atoms with van der Waals surface area (Å²) in [5.74, 6) is 1.80. The highest BCUT2D eigenvalue weighted by atomic mass is 16.1. The molecule has 0 aliphatic rings. The molecule has 2 heteroatoms. The molecule has 0 aromatic carbocycles. The zero-order chi connectivity index (χ0) is 15.9. The van der Waals surface area contributed by atoms with E-state index in [1.54, 1.807) is 0 Å². The van der Waals surface area contributed by atoms with E-state index in [1.807, 2.05) is 0 Å². The number of hydrogen-bond acceptors (Lipinski definition) is 1. The molecule has 0 rings (SSSR count). The second-order valence-corrected chi connectivity index (χ2v) is 7.09. The number of rotatable bonds is 14. The van der Waals surface area contributed by atoms with Gasteiger partial charge in [-0.3, -0.25) is 4.79 Å². The minimum Gasteiger partial charge on any atom is -0.356 e. The van der Waals surface area contributed by atoms with Gasteiger partial charge in [0.15, 0.2) is 0 Å². The Balaban J connectivity index is 3.36. The second-order valence-electron chi connectivity index (χ2n) is 7.09. The molecule has 21 heavy (non-hydrogen) atoms. The quantitative estimate of drug-likeness (QED) is 0.409. The van der Waals surface area contributed by atoms with E-state index in [1.165, 1.54) is 51.4 Å². The highest BCUT2D eigenvalue weighted by molar-refractivity contribution is 5.75. The third kappa shape index (κ3) is 15.7. The number of unbranched alkanes of at least 4 members (excludes halogenated alkanes) is 5. The number of nitrogens with one attached hydrogen (secondary N) is 1. The predicted octanol–water partition coefficient (Wildman–Crippen LogP) is 5.71. The van der Waals surface area contributed by atoms with Crippen LogP contribution in [0.15, 0.2) is 0 Å². The molecular formula is C19H39NO. The van der Waals surface area contributed by atoms with Crippen LogP contribution in [0.3, 0.4) is 0 Å². The Morgan fingerprint density at radius 2 is 1.52 bits per heavy atom. The van der Waals surface area contributed by atoms with Crippen molar-refractivity contribution in [1.29, 1.82) is 0 Å². The molecule has 0 bridgehead atoms. The second kappa shape index (κ2) is 14.4. The third-order valence-electron chi connectivity index (χ3n) is 4.20. The minimum atomic E-state index is 0.250. The van der Waals surface area contributed by atoms with Gasteiger partial charge >= 0.3 is 0 Å². The molecular weight excluding hydrogens is 258 g/mol. The highest BCUT2D eigenvalue weighted by Gasteiger charge is 2.05. The Morgan fingerprint density at radius 3 is 2.19 bits per heavy atom. The van der Waals surface area contributed by atoms with Gasteiger partial charge in [-0.2, -0.15) is 0 Å². The molecule has 1 atom stereocenters. The standard InChI is InChI=1S/C19H39NO/c1-5-6-7-8-9-10-14-19(21)20-16-15-18(4)13-11-12-17(2)3/h17-18H,5-16H2,1-4H3,(H,20,21). The maximum absolute atomic E-state index is 11.7. The van der Waals surface area contributed by atoms with E-state index in [9.17, 15) is 4.79 Å². The van der Waals surface area contributed by atoms with Crippen LogP contribution in [0.25, 0.3) is 0 Å². The first kappa shape index (κ1) is 20.5. The monoisotopic (exact) mass is 297 g/mol. The van der Waals surface area contributed by atoms with Crippen LogP contribution in [0.1, 0.15) is 98.3 Å². The van der Waals surface area contributed by atoms with Crippen molar-refractivity contribution in [2.75, 3.05) is 6.54 Å². The molecule has 126 valence electrons. The van der Waals surface area contributed by atoms with Gasteiger partial charge in [0.25, 0.3) is 0 Å². The molecule has 1 N–H and O–H groups in total. The molecule has 0 radical (unpaired) electrons. The first-order valence-corrected chi connectivity index (χ1v) is 9.33. The molecule has 0 aliphatic heterocycles. The average Bonchev–Trinajstić information content (AvgIpc) is 2.42. The maximum Gasteiger partial charge on any atom is 0.219 e. The van der Waals surface area contributed by atoms with E-state index >= 15 is 0 Å². The van der Waals surface area contributed by atoms with E-state index < -0.39 is 0 Å². The Labute approximate surface area is 133 Å². The lowest BCUT2D eigenvalue weighted by Gasteiger charge is -2.12. The molecule has 0 saturated carbocycles. The van der Waals surface area contributed by atoms with Gasteiger partial charge in [-0.15, -0.1) is 0 Å². The minimum absolute atomic E-state index is 0.250. The van der Waals surface area contributed by atoms with Crippen LogP contribution in [0.4, 0.5) is 0 Å². The summed E-state index contributed by atoms with van der Waals surface area (Å²) in [6, 6.07) is 0. The Morgan fingerprint density at radius 1 is 0.857 bits per heavy atom.